The van der Waals surface area contributed by atoms with Crippen LogP contribution in [0.15, 0.2) is 66.7 Å². The van der Waals surface area contributed by atoms with Crippen LogP contribution in [0.1, 0.15) is 21.5 Å². The van der Waals surface area contributed by atoms with Crippen molar-refractivity contribution in [1.82, 2.24) is 9.88 Å². The minimum atomic E-state index is -0.381. The molecule has 1 amide bonds. The number of aryl methyl sites for hydroxylation is 2. The van der Waals surface area contributed by atoms with Gasteiger partial charge in [0.1, 0.15) is 11.6 Å². The fourth-order valence-corrected chi connectivity index (χ4v) is 4.64. The first kappa shape index (κ1) is 22.8. The van der Waals surface area contributed by atoms with Crippen LogP contribution in [0.2, 0.25) is 0 Å². The highest BCUT2D eigenvalue weighted by Gasteiger charge is 2.26. The predicted octanol–water partition coefficient (Wildman–Crippen LogP) is 5.63. The van der Waals surface area contributed by atoms with Crippen LogP contribution in [0, 0.1) is 19.7 Å². The highest BCUT2D eigenvalue weighted by atomic mass is 19.1. The average molecular weight is 470 g/mol. The molecule has 1 saturated heterocycles. The van der Waals surface area contributed by atoms with Gasteiger partial charge in [0.05, 0.1) is 29.6 Å². The van der Waals surface area contributed by atoms with Gasteiger partial charge in [-0.15, -0.1) is 0 Å². The van der Waals surface area contributed by atoms with Crippen LogP contribution in [0.4, 0.5) is 10.1 Å². The maximum Gasteiger partial charge on any atom is 0.254 e. The predicted molar refractivity (Wildman–Crippen MR) is 138 cm³/mol. The first-order valence-electron chi connectivity index (χ1n) is 11.8. The fourth-order valence-electron chi connectivity index (χ4n) is 4.64. The molecule has 1 aromatic heterocycles. The Bertz CT molecular complexity index is 1410. The van der Waals surface area contributed by atoms with Crippen LogP contribution in [0.25, 0.3) is 22.2 Å². The molecule has 6 heteroatoms. The quantitative estimate of drug-likeness (QED) is 0.389. The molecule has 35 heavy (non-hydrogen) atoms. The van der Waals surface area contributed by atoms with Gasteiger partial charge in [-0.2, -0.15) is 0 Å². The molecule has 5 nitrogen and oxygen atoms in total. The van der Waals surface area contributed by atoms with E-state index >= 15 is 0 Å². The summed E-state index contributed by atoms with van der Waals surface area (Å²) >= 11 is 0. The SMILES string of the molecule is COc1ccccc1N1CCN(C(=O)c2cc(-c3ccc(C)c(C)c3)nc3ccc(F)cc23)CC1. The molecule has 0 atom stereocenters. The second-order valence-electron chi connectivity index (χ2n) is 8.97. The number of ether oxygens (including phenoxy) is 1. The number of fused-ring (bicyclic) bond motifs is 1. The van der Waals surface area contributed by atoms with E-state index in [1.54, 1.807) is 19.2 Å². The van der Waals surface area contributed by atoms with Gasteiger partial charge in [0.2, 0.25) is 0 Å². The first-order chi connectivity index (χ1) is 16.9. The molecule has 2 heterocycles. The summed E-state index contributed by atoms with van der Waals surface area (Å²) in [6.45, 7) is 6.63. The summed E-state index contributed by atoms with van der Waals surface area (Å²) in [6, 6.07) is 20.3. The molecule has 0 bridgehead atoms. The van der Waals surface area contributed by atoms with E-state index in [2.05, 4.69) is 30.9 Å². The van der Waals surface area contributed by atoms with Crippen LogP contribution in [0.3, 0.4) is 0 Å². The minimum Gasteiger partial charge on any atom is -0.495 e. The zero-order valence-electron chi connectivity index (χ0n) is 20.2. The van der Waals surface area contributed by atoms with Crippen molar-refractivity contribution in [3.05, 3.63) is 89.2 Å². The van der Waals surface area contributed by atoms with Gasteiger partial charge < -0.3 is 14.5 Å². The molecular formula is C29H28FN3O2. The Hall–Kier alpha value is -3.93. The number of halogens is 1. The Labute approximate surface area is 204 Å². The van der Waals surface area contributed by atoms with Crippen molar-refractivity contribution in [2.24, 2.45) is 0 Å². The first-order valence-corrected chi connectivity index (χ1v) is 11.8. The molecule has 0 saturated carbocycles. The van der Waals surface area contributed by atoms with E-state index < -0.39 is 0 Å². The average Bonchev–Trinajstić information content (AvgIpc) is 2.89. The number of carbonyl (C=O) groups excluding carboxylic acids is 1. The molecular weight excluding hydrogens is 441 g/mol. The second-order valence-corrected chi connectivity index (χ2v) is 8.97. The molecule has 1 aliphatic heterocycles. The van der Waals surface area contributed by atoms with Gasteiger partial charge in [0.25, 0.3) is 5.91 Å². The number of hydrogen-bond donors (Lipinski definition) is 0. The van der Waals surface area contributed by atoms with Crippen molar-refractivity contribution < 1.29 is 13.9 Å². The Balaban J connectivity index is 1.47. The summed E-state index contributed by atoms with van der Waals surface area (Å²) in [7, 11) is 1.67. The summed E-state index contributed by atoms with van der Waals surface area (Å²) < 4.78 is 19.7. The maximum atomic E-state index is 14.2. The van der Waals surface area contributed by atoms with Gasteiger partial charge in [-0.25, -0.2) is 9.37 Å². The standard InChI is InChI=1S/C29H28FN3O2/c1-19-8-9-21(16-20(19)2)26-18-24(23-17-22(30)10-11-25(23)31-26)29(34)33-14-12-32(13-15-33)27-6-4-5-7-28(27)35-3/h4-11,16-18H,12-15H2,1-3H3. The third-order valence-corrected chi connectivity index (χ3v) is 6.80. The van der Waals surface area contributed by atoms with Crippen molar-refractivity contribution in [2.75, 3.05) is 38.2 Å². The van der Waals surface area contributed by atoms with Gasteiger partial charge in [-0.3, -0.25) is 4.79 Å². The van der Waals surface area contributed by atoms with E-state index in [1.807, 2.05) is 35.2 Å². The summed E-state index contributed by atoms with van der Waals surface area (Å²) in [5.41, 5.74) is 6.12. The van der Waals surface area contributed by atoms with E-state index in [0.717, 1.165) is 22.6 Å². The maximum absolute atomic E-state index is 14.2. The van der Waals surface area contributed by atoms with Gasteiger partial charge in [-0.05, 0) is 67.4 Å². The second kappa shape index (κ2) is 9.37. The fraction of sp³-hybridized carbons (Fsp3) is 0.241. The number of pyridine rings is 1. The van der Waals surface area contributed by atoms with E-state index in [4.69, 9.17) is 9.72 Å². The number of para-hydroxylation sites is 2. The number of anilines is 1. The molecule has 0 unspecified atom stereocenters. The largest absolute Gasteiger partial charge is 0.495 e. The molecule has 3 aromatic carbocycles. The van der Waals surface area contributed by atoms with Crippen LogP contribution < -0.4 is 9.64 Å². The number of aromatic nitrogens is 1. The molecule has 4 aromatic rings. The van der Waals surface area contributed by atoms with Crippen molar-refractivity contribution in [2.45, 2.75) is 13.8 Å². The normalized spacial score (nSPS) is 13.8. The van der Waals surface area contributed by atoms with Crippen molar-refractivity contribution in [3.63, 3.8) is 0 Å². The Morgan fingerprint density at radius 2 is 1.69 bits per heavy atom. The third-order valence-electron chi connectivity index (χ3n) is 6.80. The zero-order chi connectivity index (χ0) is 24.5. The number of amides is 1. The van der Waals surface area contributed by atoms with Crippen molar-refractivity contribution in [3.8, 4) is 17.0 Å². The summed E-state index contributed by atoms with van der Waals surface area (Å²) in [6.07, 6.45) is 0. The molecule has 178 valence electrons. The monoisotopic (exact) mass is 469 g/mol. The molecule has 1 aliphatic rings. The molecule has 0 N–H and O–H groups in total. The molecule has 0 radical (unpaired) electrons. The van der Waals surface area contributed by atoms with E-state index in [9.17, 15) is 9.18 Å². The zero-order valence-corrected chi connectivity index (χ0v) is 20.2. The Morgan fingerprint density at radius 1 is 0.914 bits per heavy atom. The van der Waals surface area contributed by atoms with Gasteiger partial charge in [0, 0.05) is 37.1 Å². The number of nitrogens with zero attached hydrogens (tertiary/aromatic N) is 3. The Kier molecular flexibility index (Phi) is 6.12. The minimum absolute atomic E-state index is 0.104. The van der Waals surface area contributed by atoms with E-state index in [0.29, 0.717) is 48.3 Å². The van der Waals surface area contributed by atoms with Gasteiger partial charge in [0.15, 0.2) is 0 Å². The molecule has 0 aliphatic carbocycles. The number of methoxy groups -OCH3 is 1. The van der Waals surface area contributed by atoms with Crippen molar-refractivity contribution in [1.29, 1.82) is 0 Å². The number of hydrogen-bond acceptors (Lipinski definition) is 4. The van der Waals surface area contributed by atoms with Gasteiger partial charge >= 0.3 is 0 Å². The lowest BCUT2D eigenvalue weighted by Gasteiger charge is -2.36. The molecule has 1 fully saturated rings. The lowest BCUT2D eigenvalue weighted by Crippen LogP contribution is -2.49. The number of benzene rings is 3. The number of rotatable bonds is 4. The Morgan fingerprint density at radius 3 is 2.43 bits per heavy atom. The lowest BCUT2D eigenvalue weighted by molar-refractivity contribution is 0.0748. The molecule has 5 rings (SSSR count). The van der Waals surface area contributed by atoms with Crippen LogP contribution >= 0.6 is 0 Å². The van der Waals surface area contributed by atoms with Crippen LogP contribution in [-0.2, 0) is 0 Å². The topological polar surface area (TPSA) is 45.7 Å². The third kappa shape index (κ3) is 4.44. The highest BCUT2D eigenvalue weighted by molar-refractivity contribution is 6.07. The summed E-state index contributed by atoms with van der Waals surface area (Å²) in [4.78, 5) is 22.6. The number of carbonyl (C=O) groups is 1. The highest BCUT2D eigenvalue weighted by Crippen LogP contribution is 2.30. The molecule has 0 spiro atoms. The summed E-state index contributed by atoms with van der Waals surface area (Å²) in [5.74, 6) is 0.335. The summed E-state index contributed by atoms with van der Waals surface area (Å²) in [5, 5.41) is 0.537. The van der Waals surface area contributed by atoms with Crippen molar-refractivity contribution >= 4 is 22.5 Å². The van der Waals surface area contributed by atoms with Crippen LogP contribution in [0.5, 0.6) is 5.75 Å². The van der Waals surface area contributed by atoms with Gasteiger partial charge in [-0.1, -0.05) is 24.3 Å². The van der Waals surface area contributed by atoms with Crippen LogP contribution in [-0.4, -0.2) is 49.1 Å². The number of piperazine rings is 1. The van der Waals surface area contributed by atoms with E-state index in [1.165, 1.54) is 17.7 Å². The lowest BCUT2D eigenvalue weighted by atomic mass is 10.00. The van der Waals surface area contributed by atoms with E-state index in [-0.39, 0.29) is 11.7 Å². The smallest absolute Gasteiger partial charge is 0.254 e.